The first-order valence-corrected chi connectivity index (χ1v) is 4.69. The molecule has 14 heavy (non-hydrogen) atoms. The van der Waals surface area contributed by atoms with Gasteiger partial charge in [0.25, 0.3) is 6.47 Å². The Morgan fingerprint density at radius 1 is 1.07 bits per heavy atom. The molecule has 0 fully saturated rings. The average molecular weight is 200 g/mol. The van der Waals surface area contributed by atoms with Crippen molar-refractivity contribution < 1.29 is 13.9 Å². The highest BCUT2D eigenvalue weighted by molar-refractivity contribution is 5.44. The van der Waals surface area contributed by atoms with E-state index < -0.39 is 0 Å². The van der Waals surface area contributed by atoms with Crippen molar-refractivity contribution >= 4 is 6.47 Å². The van der Waals surface area contributed by atoms with Crippen LogP contribution in [0.5, 0.6) is 5.75 Å². The number of hydrogen-bond acceptors (Lipinski definition) is 2. The van der Waals surface area contributed by atoms with E-state index in [0.717, 1.165) is 0 Å². The van der Waals surface area contributed by atoms with Crippen LogP contribution < -0.4 is 4.74 Å². The van der Waals surface area contributed by atoms with Gasteiger partial charge >= 0.3 is 0 Å². The van der Waals surface area contributed by atoms with Gasteiger partial charge in [-0.1, -0.05) is 27.7 Å². The molecule has 0 atom stereocenters. The van der Waals surface area contributed by atoms with E-state index in [1.807, 2.05) is 27.7 Å². The van der Waals surface area contributed by atoms with E-state index >= 15 is 0 Å². The molecule has 0 aliphatic heterocycles. The Balaban J connectivity index is 0. The van der Waals surface area contributed by atoms with Crippen LogP contribution in [-0.2, 0) is 4.79 Å². The number of carbonyl (C=O) groups is 1. The Kier molecular flexibility index (Phi) is 12.5. The van der Waals surface area contributed by atoms with Crippen LogP contribution >= 0.6 is 0 Å². The van der Waals surface area contributed by atoms with Crippen LogP contribution in [0.25, 0.3) is 0 Å². The summed E-state index contributed by atoms with van der Waals surface area (Å²) in [7, 11) is 0. The van der Waals surface area contributed by atoms with Gasteiger partial charge in [-0.15, -0.1) is 0 Å². The lowest BCUT2D eigenvalue weighted by Gasteiger charge is -1.93. The molecular formula is C11H17FO2. The molecule has 0 saturated heterocycles. The summed E-state index contributed by atoms with van der Waals surface area (Å²) in [5.41, 5.74) is 0. The summed E-state index contributed by atoms with van der Waals surface area (Å²) in [6.45, 7) is 8.30. The van der Waals surface area contributed by atoms with Crippen molar-refractivity contribution in [3.63, 3.8) is 0 Å². The Morgan fingerprint density at radius 3 is 1.86 bits per heavy atom. The van der Waals surface area contributed by atoms with Crippen molar-refractivity contribution in [3.8, 4) is 5.75 Å². The topological polar surface area (TPSA) is 26.3 Å². The van der Waals surface area contributed by atoms with Crippen LogP contribution in [0, 0.1) is 5.82 Å². The van der Waals surface area contributed by atoms with Crippen molar-refractivity contribution in [2.45, 2.75) is 27.7 Å². The lowest BCUT2D eigenvalue weighted by Crippen LogP contribution is -1.87. The third-order valence-electron chi connectivity index (χ3n) is 0.998. The molecule has 0 spiro atoms. The third kappa shape index (κ3) is 7.28. The van der Waals surface area contributed by atoms with Gasteiger partial charge in [0, 0.05) is 0 Å². The lowest BCUT2D eigenvalue weighted by atomic mass is 10.3. The van der Waals surface area contributed by atoms with Gasteiger partial charge in [0.05, 0.1) is 0 Å². The molecule has 80 valence electrons. The van der Waals surface area contributed by atoms with Crippen molar-refractivity contribution in [3.05, 3.63) is 30.1 Å². The number of carbonyl (C=O) groups excluding carboxylic acids is 1. The normalized spacial score (nSPS) is 7.21. The first kappa shape index (κ1) is 15.1. The number of ether oxygens (including phenoxy) is 1. The maximum absolute atomic E-state index is 12.2. The van der Waals surface area contributed by atoms with Gasteiger partial charge in [0.1, 0.15) is 11.6 Å². The van der Waals surface area contributed by atoms with Crippen LogP contribution in [-0.4, -0.2) is 6.47 Å². The van der Waals surface area contributed by atoms with Gasteiger partial charge in [-0.05, 0) is 24.3 Å². The molecule has 2 nitrogen and oxygen atoms in total. The average Bonchev–Trinajstić information content (AvgIpc) is 2.28. The SMILES string of the molecule is CC.CC.O=COc1ccc(F)cc1. The molecular weight excluding hydrogens is 183 g/mol. The van der Waals surface area contributed by atoms with Gasteiger partial charge in [-0.2, -0.15) is 0 Å². The van der Waals surface area contributed by atoms with Crippen LogP contribution in [0.2, 0.25) is 0 Å². The summed E-state index contributed by atoms with van der Waals surface area (Å²) in [4.78, 5) is 9.74. The van der Waals surface area contributed by atoms with E-state index in [-0.39, 0.29) is 5.82 Å². The van der Waals surface area contributed by atoms with E-state index in [9.17, 15) is 9.18 Å². The molecule has 0 unspecified atom stereocenters. The molecule has 0 aromatic heterocycles. The molecule has 0 aliphatic carbocycles. The second kappa shape index (κ2) is 11.6. The second-order valence-electron chi connectivity index (χ2n) is 1.67. The van der Waals surface area contributed by atoms with Crippen molar-refractivity contribution in [2.75, 3.05) is 0 Å². The summed E-state index contributed by atoms with van der Waals surface area (Å²) in [6, 6.07) is 5.20. The Hall–Kier alpha value is -1.38. The predicted molar refractivity (Wildman–Crippen MR) is 55.8 cm³/mol. The van der Waals surface area contributed by atoms with Crippen LogP contribution in [0.4, 0.5) is 4.39 Å². The fourth-order valence-electron chi connectivity index (χ4n) is 0.569. The fourth-order valence-corrected chi connectivity index (χ4v) is 0.569. The summed E-state index contributed by atoms with van der Waals surface area (Å²) in [5, 5.41) is 0. The summed E-state index contributed by atoms with van der Waals surface area (Å²) < 4.78 is 16.6. The number of rotatable bonds is 2. The number of halogens is 1. The van der Waals surface area contributed by atoms with E-state index in [1.165, 1.54) is 24.3 Å². The van der Waals surface area contributed by atoms with Crippen molar-refractivity contribution in [1.82, 2.24) is 0 Å². The molecule has 0 amide bonds. The highest BCUT2D eigenvalue weighted by Gasteiger charge is 1.90. The van der Waals surface area contributed by atoms with Crippen molar-refractivity contribution in [2.24, 2.45) is 0 Å². The predicted octanol–water partition coefficient (Wildman–Crippen LogP) is 3.41. The van der Waals surface area contributed by atoms with E-state index in [4.69, 9.17) is 0 Å². The smallest absolute Gasteiger partial charge is 0.298 e. The molecule has 1 rings (SSSR count). The Morgan fingerprint density at radius 2 is 1.50 bits per heavy atom. The highest BCUT2D eigenvalue weighted by Crippen LogP contribution is 2.09. The van der Waals surface area contributed by atoms with Gasteiger partial charge in [0.2, 0.25) is 0 Å². The van der Waals surface area contributed by atoms with E-state index in [0.29, 0.717) is 12.2 Å². The molecule has 0 N–H and O–H groups in total. The first-order chi connectivity index (χ1) is 6.83. The van der Waals surface area contributed by atoms with Gasteiger partial charge in [-0.3, -0.25) is 4.79 Å². The standard InChI is InChI=1S/C7H5FO2.2C2H6/c8-6-1-3-7(4-2-6)10-5-9;2*1-2/h1-5H;2*1-2H3. The van der Waals surface area contributed by atoms with Crippen molar-refractivity contribution in [1.29, 1.82) is 0 Å². The van der Waals surface area contributed by atoms with Gasteiger partial charge < -0.3 is 4.74 Å². The minimum Gasteiger partial charge on any atom is -0.429 e. The van der Waals surface area contributed by atoms with E-state index in [1.54, 1.807) is 0 Å². The number of hydrogen-bond donors (Lipinski definition) is 0. The minimum absolute atomic E-state index is 0.299. The fraction of sp³-hybridized carbons (Fsp3) is 0.364. The maximum atomic E-state index is 12.2. The maximum Gasteiger partial charge on any atom is 0.298 e. The molecule has 0 radical (unpaired) electrons. The molecule has 0 aliphatic rings. The molecule has 0 heterocycles. The van der Waals surface area contributed by atoms with Gasteiger partial charge in [-0.25, -0.2) is 4.39 Å². The largest absolute Gasteiger partial charge is 0.429 e. The Bertz CT molecular complexity index is 219. The quantitative estimate of drug-likeness (QED) is 0.684. The summed E-state index contributed by atoms with van der Waals surface area (Å²) in [5.74, 6) is -0.00495. The van der Waals surface area contributed by atoms with Crippen LogP contribution in [0.3, 0.4) is 0 Å². The second-order valence-corrected chi connectivity index (χ2v) is 1.67. The summed E-state index contributed by atoms with van der Waals surface area (Å²) >= 11 is 0. The zero-order valence-corrected chi connectivity index (χ0v) is 9.08. The third-order valence-corrected chi connectivity index (χ3v) is 0.998. The van der Waals surface area contributed by atoms with Crippen LogP contribution in [0.15, 0.2) is 24.3 Å². The molecule has 0 bridgehead atoms. The van der Waals surface area contributed by atoms with Crippen LogP contribution in [0.1, 0.15) is 27.7 Å². The lowest BCUT2D eigenvalue weighted by molar-refractivity contribution is -0.120. The zero-order valence-electron chi connectivity index (χ0n) is 9.08. The minimum atomic E-state index is -0.349. The molecule has 1 aromatic rings. The monoisotopic (exact) mass is 200 g/mol. The first-order valence-electron chi connectivity index (χ1n) is 4.69. The van der Waals surface area contributed by atoms with Gasteiger partial charge in [0.15, 0.2) is 0 Å². The van der Waals surface area contributed by atoms with E-state index in [2.05, 4.69) is 4.74 Å². The molecule has 0 saturated carbocycles. The number of benzene rings is 1. The molecule has 3 heteroatoms. The highest BCUT2D eigenvalue weighted by atomic mass is 19.1. The summed E-state index contributed by atoms with van der Waals surface area (Å²) in [6.07, 6.45) is 0. The Labute approximate surface area is 84.7 Å². The molecule has 1 aromatic carbocycles. The zero-order chi connectivity index (χ0) is 11.4.